The molecular weight excluding hydrogens is 218 g/mol. The van der Waals surface area contributed by atoms with E-state index in [9.17, 15) is 0 Å². The minimum absolute atomic E-state index is 0.880. The van der Waals surface area contributed by atoms with Crippen molar-refractivity contribution >= 4 is 15.9 Å². The summed E-state index contributed by atoms with van der Waals surface area (Å²) in [6.45, 7) is 6.60. The zero-order valence-electron chi connectivity index (χ0n) is 8.18. The lowest BCUT2D eigenvalue weighted by atomic mass is 10.3. The molecule has 0 aromatic rings. The van der Waals surface area contributed by atoms with Gasteiger partial charge in [-0.3, -0.25) is 0 Å². The Morgan fingerprint density at radius 1 is 1.25 bits per heavy atom. The van der Waals surface area contributed by atoms with Crippen LogP contribution in [-0.2, 0) is 4.74 Å². The lowest BCUT2D eigenvalue weighted by molar-refractivity contribution is 0.174. The number of hydrogen-bond donors (Lipinski definition) is 0. The molecule has 0 saturated heterocycles. The van der Waals surface area contributed by atoms with Crippen LogP contribution in [0.25, 0.3) is 0 Å². The maximum Gasteiger partial charge on any atom is 0.0474 e. The van der Waals surface area contributed by atoms with Crippen molar-refractivity contribution in [3.63, 3.8) is 0 Å². The monoisotopic (exact) mass is 237 g/mol. The van der Waals surface area contributed by atoms with E-state index < -0.39 is 0 Å². The van der Waals surface area contributed by atoms with Gasteiger partial charge in [-0.2, -0.15) is 0 Å². The number of halogens is 1. The molecular formula is C9H20BrNO. The van der Waals surface area contributed by atoms with Gasteiger partial charge in [0.2, 0.25) is 0 Å². The van der Waals surface area contributed by atoms with Crippen molar-refractivity contribution in [1.82, 2.24) is 4.90 Å². The number of nitrogens with zero attached hydrogens (tertiary/aromatic N) is 1. The summed E-state index contributed by atoms with van der Waals surface area (Å²) in [5, 5.41) is 1.10. The standard InChI is InChI=1S/C9H20BrNO/c1-3-11(7-4-6-10)8-5-9-12-2/h3-9H2,1-2H3. The molecule has 0 aromatic heterocycles. The second-order valence-electron chi connectivity index (χ2n) is 2.82. The van der Waals surface area contributed by atoms with Crippen LogP contribution in [0, 0.1) is 0 Å². The molecule has 3 heteroatoms. The Kier molecular flexibility index (Phi) is 9.80. The Morgan fingerprint density at radius 3 is 2.42 bits per heavy atom. The highest BCUT2D eigenvalue weighted by molar-refractivity contribution is 9.09. The molecule has 0 unspecified atom stereocenters. The van der Waals surface area contributed by atoms with E-state index in [1.165, 1.54) is 13.0 Å². The summed E-state index contributed by atoms with van der Waals surface area (Å²) >= 11 is 3.44. The van der Waals surface area contributed by atoms with Crippen molar-refractivity contribution in [2.45, 2.75) is 19.8 Å². The lowest BCUT2D eigenvalue weighted by Crippen LogP contribution is -2.26. The highest BCUT2D eigenvalue weighted by atomic mass is 79.9. The molecule has 0 spiro atoms. The van der Waals surface area contributed by atoms with Crippen LogP contribution in [0.1, 0.15) is 19.8 Å². The lowest BCUT2D eigenvalue weighted by Gasteiger charge is -2.19. The van der Waals surface area contributed by atoms with E-state index in [1.54, 1.807) is 7.11 Å². The summed E-state index contributed by atoms with van der Waals surface area (Å²) in [5.41, 5.74) is 0. The molecule has 0 aliphatic rings. The minimum Gasteiger partial charge on any atom is -0.385 e. The zero-order valence-corrected chi connectivity index (χ0v) is 9.77. The Balaban J connectivity index is 3.26. The van der Waals surface area contributed by atoms with E-state index in [2.05, 4.69) is 27.8 Å². The van der Waals surface area contributed by atoms with E-state index in [4.69, 9.17) is 4.74 Å². The van der Waals surface area contributed by atoms with Gasteiger partial charge >= 0.3 is 0 Å². The van der Waals surface area contributed by atoms with Crippen LogP contribution >= 0.6 is 15.9 Å². The van der Waals surface area contributed by atoms with Gasteiger partial charge in [-0.25, -0.2) is 0 Å². The smallest absolute Gasteiger partial charge is 0.0474 e. The number of rotatable bonds is 8. The highest BCUT2D eigenvalue weighted by Crippen LogP contribution is 1.96. The molecule has 0 rings (SSSR count). The number of alkyl halides is 1. The average Bonchev–Trinajstić information content (AvgIpc) is 2.11. The molecule has 0 fully saturated rings. The Bertz CT molecular complexity index is 90.6. The van der Waals surface area contributed by atoms with Gasteiger partial charge in [0.15, 0.2) is 0 Å². The third-order valence-corrected chi connectivity index (χ3v) is 2.44. The zero-order chi connectivity index (χ0) is 9.23. The SMILES string of the molecule is CCN(CCCBr)CCCOC. The molecule has 0 aliphatic heterocycles. The first kappa shape index (κ1) is 12.4. The van der Waals surface area contributed by atoms with E-state index in [0.29, 0.717) is 0 Å². The summed E-state index contributed by atoms with van der Waals surface area (Å²) in [7, 11) is 1.76. The molecule has 0 radical (unpaired) electrons. The highest BCUT2D eigenvalue weighted by Gasteiger charge is 1.99. The van der Waals surface area contributed by atoms with Crippen LogP contribution < -0.4 is 0 Å². The van der Waals surface area contributed by atoms with Crippen LogP contribution in [0.3, 0.4) is 0 Å². The third-order valence-electron chi connectivity index (χ3n) is 1.88. The van der Waals surface area contributed by atoms with Gasteiger partial charge in [-0.1, -0.05) is 22.9 Å². The van der Waals surface area contributed by atoms with Gasteiger partial charge in [0.25, 0.3) is 0 Å². The molecule has 0 aromatic carbocycles. The number of methoxy groups -OCH3 is 1. The quantitative estimate of drug-likeness (QED) is 0.474. The predicted octanol–water partition coefficient (Wildman–Crippen LogP) is 2.13. The van der Waals surface area contributed by atoms with E-state index in [0.717, 1.165) is 31.4 Å². The summed E-state index contributed by atoms with van der Waals surface area (Å²) < 4.78 is 5.01. The van der Waals surface area contributed by atoms with Crippen molar-refractivity contribution in [3.05, 3.63) is 0 Å². The van der Waals surface area contributed by atoms with E-state index in [-0.39, 0.29) is 0 Å². The Morgan fingerprint density at radius 2 is 1.92 bits per heavy atom. The van der Waals surface area contributed by atoms with Gasteiger partial charge in [0.05, 0.1) is 0 Å². The average molecular weight is 238 g/mol. The largest absolute Gasteiger partial charge is 0.385 e. The first-order chi connectivity index (χ1) is 5.85. The molecule has 0 heterocycles. The van der Waals surface area contributed by atoms with Crippen LogP contribution in [0.5, 0.6) is 0 Å². The van der Waals surface area contributed by atoms with Gasteiger partial charge in [0.1, 0.15) is 0 Å². The molecule has 0 amide bonds. The molecule has 0 N–H and O–H groups in total. The summed E-state index contributed by atoms with van der Waals surface area (Å²) in [5.74, 6) is 0. The van der Waals surface area contributed by atoms with E-state index >= 15 is 0 Å². The van der Waals surface area contributed by atoms with Crippen molar-refractivity contribution in [2.24, 2.45) is 0 Å². The van der Waals surface area contributed by atoms with Crippen LogP contribution in [0.15, 0.2) is 0 Å². The maximum atomic E-state index is 5.01. The maximum absolute atomic E-state index is 5.01. The van der Waals surface area contributed by atoms with Crippen molar-refractivity contribution in [2.75, 3.05) is 38.7 Å². The fourth-order valence-corrected chi connectivity index (χ4v) is 1.39. The van der Waals surface area contributed by atoms with E-state index in [1.807, 2.05) is 0 Å². The molecule has 0 bridgehead atoms. The van der Waals surface area contributed by atoms with Gasteiger partial charge in [-0.05, 0) is 25.9 Å². The first-order valence-electron chi connectivity index (χ1n) is 4.62. The molecule has 2 nitrogen and oxygen atoms in total. The molecule has 0 saturated carbocycles. The first-order valence-corrected chi connectivity index (χ1v) is 5.74. The normalized spacial score (nSPS) is 11.0. The minimum atomic E-state index is 0.880. The van der Waals surface area contributed by atoms with Crippen LogP contribution in [0.2, 0.25) is 0 Å². The van der Waals surface area contributed by atoms with Crippen molar-refractivity contribution < 1.29 is 4.74 Å². The molecule has 74 valence electrons. The second kappa shape index (κ2) is 9.49. The van der Waals surface area contributed by atoms with Gasteiger partial charge < -0.3 is 9.64 Å². The molecule has 0 aliphatic carbocycles. The number of hydrogen-bond acceptors (Lipinski definition) is 2. The third kappa shape index (κ3) is 7.07. The molecule has 12 heavy (non-hydrogen) atoms. The Labute approximate surface area is 84.4 Å². The van der Waals surface area contributed by atoms with Crippen molar-refractivity contribution in [1.29, 1.82) is 0 Å². The summed E-state index contributed by atoms with van der Waals surface area (Å²) in [6.07, 6.45) is 2.38. The van der Waals surface area contributed by atoms with Crippen LogP contribution in [-0.4, -0.2) is 43.6 Å². The molecule has 0 atom stereocenters. The van der Waals surface area contributed by atoms with Crippen LogP contribution in [0.4, 0.5) is 0 Å². The predicted molar refractivity (Wildman–Crippen MR) is 57.0 cm³/mol. The van der Waals surface area contributed by atoms with Gasteiger partial charge in [0, 0.05) is 25.6 Å². The Hall–Kier alpha value is 0.400. The second-order valence-corrected chi connectivity index (χ2v) is 3.62. The van der Waals surface area contributed by atoms with Crippen molar-refractivity contribution in [3.8, 4) is 0 Å². The fraction of sp³-hybridized carbons (Fsp3) is 1.00. The fourth-order valence-electron chi connectivity index (χ4n) is 1.14. The summed E-state index contributed by atoms with van der Waals surface area (Å²) in [4.78, 5) is 2.46. The number of ether oxygens (including phenoxy) is 1. The summed E-state index contributed by atoms with van der Waals surface area (Å²) in [6, 6.07) is 0. The van der Waals surface area contributed by atoms with Gasteiger partial charge in [-0.15, -0.1) is 0 Å². The topological polar surface area (TPSA) is 12.5 Å².